The zero-order valence-corrected chi connectivity index (χ0v) is 20.6. The van der Waals surface area contributed by atoms with Crippen molar-refractivity contribution < 1.29 is 4.79 Å². The van der Waals surface area contributed by atoms with Gasteiger partial charge in [-0.2, -0.15) is 0 Å². The highest BCUT2D eigenvalue weighted by molar-refractivity contribution is 6.30. The zero-order chi connectivity index (χ0) is 24.3. The molecule has 1 saturated heterocycles. The van der Waals surface area contributed by atoms with Crippen LogP contribution in [0.15, 0.2) is 97.3 Å². The molecule has 4 aromatic rings. The van der Waals surface area contributed by atoms with E-state index in [-0.39, 0.29) is 5.91 Å². The molecule has 1 aliphatic rings. The van der Waals surface area contributed by atoms with Gasteiger partial charge in [0.2, 0.25) is 5.91 Å². The Morgan fingerprint density at radius 2 is 1.63 bits per heavy atom. The van der Waals surface area contributed by atoms with Gasteiger partial charge in [0, 0.05) is 61.3 Å². The molecular formula is C29H29ClN4O. The molecule has 1 aliphatic heterocycles. The number of carbonyl (C=O) groups is 1. The average Bonchev–Trinajstić information content (AvgIpc) is 3.37. The molecule has 0 aliphatic carbocycles. The fraction of sp³-hybridized carbons (Fsp3) is 0.241. The third kappa shape index (κ3) is 4.82. The van der Waals surface area contributed by atoms with Gasteiger partial charge in [-0.3, -0.25) is 4.79 Å². The Balaban J connectivity index is 1.37. The van der Waals surface area contributed by atoms with E-state index in [1.54, 1.807) is 6.20 Å². The summed E-state index contributed by atoms with van der Waals surface area (Å²) < 4.78 is 2.07. The first-order valence-electron chi connectivity index (χ1n) is 12.0. The number of anilines is 1. The molecule has 1 unspecified atom stereocenters. The van der Waals surface area contributed by atoms with Crippen LogP contribution in [0.2, 0.25) is 5.02 Å². The van der Waals surface area contributed by atoms with E-state index in [1.807, 2.05) is 66.9 Å². The molecular weight excluding hydrogens is 456 g/mol. The first-order chi connectivity index (χ1) is 17.0. The predicted octanol–water partition coefficient (Wildman–Crippen LogP) is 5.86. The number of imidazole rings is 1. The van der Waals surface area contributed by atoms with E-state index in [0.717, 1.165) is 34.2 Å². The van der Waals surface area contributed by atoms with Crippen LogP contribution in [0, 0.1) is 0 Å². The Morgan fingerprint density at radius 1 is 0.943 bits per heavy atom. The zero-order valence-electron chi connectivity index (χ0n) is 19.8. The van der Waals surface area contributed by atoms with Crippen LogP contribution in [0.25, 0.3) is 11.4 Å². The van der Waals surface area contributed by atoms with Crippen molar-refractivity contribution in [3.63, 3.8) is 0 Å². The SMILES string of the molecule is CC1(c2ccccc2)CN(c2ccc(Cl)cc2)CCN1C(=O)CCn1ccnc1-c1ccccc1. The molecule has 178 valence electrons. The second-order valence-corrected chi connectivity index (χ2v) is 9.58. The van der Waals surface area contributed by atoms with Crippen molar-refractivity contribution in [3.8, 4) is 11.4 Å². The summed E-state index contributed by atoms with van der Waals surface area (Å²) in [5, 5.41) is 0.725. The third-order valence-electron chi connectivity index (χ3n) is 6.89. The smallest absolute Gasteiger partial charge is 0.225 e. The van der Waals surface area contributed by atoms with Gasteiger partial charge in [0.1, 0.15) is 5.82 Å². The molecule has 1 amide bonds. The van der Waals surface area contributed by atoms with Crippen LogP contribution in [-0.4, -0.2) is 40.0 Å². The van der Waals surface area contributed by atoms with Crippen LogP contribution in [0.5, 0.6) is 0 Å². The number of piperazine rings is 1. The number of benzene rings is 3. The quantitative estimate of drug-likeness (QED) is 0.344. The van der Waals surface area contributed by atoms with E-state index < -0.39 is 5.54 Å². The topological polar surface area (TPSA) is 41.4 Å². The first-order valence-corrected chi connectivity index (χ1v) is 12.4. The summed E-state index contributed by atoms with van der Waals surface area (Å²) in [6.07, 6.45) is 4.16. The van der Waals surface area contributed by atoms with Gasteiger partial charge in [-0.05, 0) is 36.8 Å². The Kier molecular flexibility index (Phi) is 6.60. The lowest BCUT2D eigenvalue weighted by molar-refractivity contribution is -0.138. The maximum absolute atomic E-state index is 13.7. The average molecular weight is 485 g/mol. The van der Waals surface area contributed by atoms with Crippen molar-refractivity contribution >= 4 is 23.2 Å². The summed E-state index contributed by atoms with van der Waals surface area (Å²) >= 11 is 6.12. The van der Waals surface area contributed by atoms with Crippen molar-refractivity contribution in [2.24, 2.45) is 0 Å². The highest BCUT2D eigenvalue weighted by atomic mass is 35.5. The molecule has 1 fully saturated rings. The third-order valence-corrected chi connectivity index (χ3v) is 7.14. The number of hydrogen-bond donors (Lipinski definition) is 0. The lowest BCUT2D eigenvalue weighted by Gasteiger charge is -2.50. The fourth-order valence-electron chi connectivity index (χ4n) is 5.01. The number of aromatic nitrogens is 2. The molecule has 0 bridgehead atoms. The summed E-state index contributed by atoms with van der Waals surface area (Å²) in [5.41, 5.74) is 2.86. The van der Waals surface area contributed by atoms with Crippen molar-refractivity contribution in [3.05, 3.63) is 108 Å². The van der Waals surface area contributed by atoms with Crippen LogP contribution < -0.4 is 4.90 Å². The standard InChI is InChI=1S/C29H29ClN4O/c1-29(24-10-6-3-7-11-24)22-33(26-14-12-25(30)13-15-26)20-21-34(29)27(35)16-18-32-19-17-31-28(32)23-8-4-2-5-9-23/h2-15,17,19H,16,18,20-22H2,1H3. The van der Waals surface area contributed by atoms with Gasteiger partial charge in [0.15, 0.2) is 0 Å². The lowest BCUT2D eigenvalue weighted by Crippen LogP contribution is -2.60. The monoisotopic (exact) mass is 484 g/mol. The molecule has 0 radical (unpaired) electrons. The Morgan fingerprint density at radius 3 is 2.34 bits per heavy atom. The first kappa shape index (κ1) is 23.2. The molecule has 5 rings (SSSR count). The second kappa shape index (κ2) is 9.96. The maximum Gasteiger partial charge on any atom is 0.225 e. The Labute approximate surface area is 211 Å². The van der Waals surface area contributed by atoms with Crippen molar-refractivity contribution in [2.75, 3.05) is 24.5 Å². The minimum absolute atomic E-state index is 0.153. The number of amides is 1. The number of rotatable bonds is 6. The molecule has 3 aromatic carbocycles. The van der Waals surface area contributed by atoms with E-state index in [9.17, 15) is 4.79 Å². The number of hydrogen-bond acceptors (Lipinski definition) is 3. The van der Waals surface area contributed by atoms with Crippen molar-refractivity contribution in [1.82, 2.24) is 14.5 Å². The largest absolute Gasteiger partial charge is 0.367 e. The van der Waals surface area contributed by atoms with E-state index in [2.05, 4.69) is 50.5 Å². The summed E-state index contributed by atoms with van der Waals surface area (Å²) in [5.74, 6) is 1.04. The highest BCUT2D eigenvalue weighted by Gasteiger charge is 2.41. The summed E-state index contributed by atoms with van der Waals surface area (Å²) in [7, 11) is 0. The fourth-order valence-corrected chi connectivity index (χ4v) is 5.13. The van der Waals surface area contributed by atoms with E-state index in [4.69, 9.17) is 11.6 Å². The highest BCUT2D eigenvalue weighted by Crippen LogP contribution is 2.35. The Hall–Kier alpha value is -3.57. The molecule has 0 spiro atoms. The van der Waals surface area contributed by atoms with Gasteiger partial charge >= 0.3 is 0 Å². The van der Waals surface area contributed by atoms with Crippen LogP contribution >= 0.6 is 11.6 Å². The minimum Gasteiger partial charge on any atom is -0.367 e. The summed E-state index contributed by atoms with van der Waals surface area (Å²) in [6.45, 7) is 4.91. The molecule has 0 N–H and O–H groups in total. The van der Waals surface area contributed by atoms with Gasteiger partial charge in [0.05, 0.1) is 5.54 Å². The number of nitrogens with zero attached hydrogens (tertiary/aromatic N) is 4. The van der Waals surface area contributed by atoms with E-state index >= 15 is 0 Å². The molecule has 1 atom stereocenters. The van der Waals surface area contributed by atoms with Gasteiger partial charge in [-0.25, -0.2) is 4.98 Å². The van der Waals surface area contributed by atoms with Crippen LogP contribution in [0.4, 0.5) is 5.69 Å². The van der Waals surface area contributed by atoms with Crippen LogP contribution in [0.3, 0.4) is 0 Å². The van der Waals surface area contributed by atoms with E-state index in [1.165, 1.54) is 0 Å². The van der Waals surface area contributed by atoms with Gasteiger partial charge in [0.25, 0.3) is 0 Å². The van der Waals surface area contributed by atoms with Crippen molar-refractivity contribution in [2.45, 2.75) is 25.4 Å². The molecule has 2 heterocycles. The number of carbonyl (C=O) groups excluding carboxylic acids is 1. The normalized spacial score (nSPS) is 18.0. The lowest BCUT2D eigenvalue weighted by atomic mass is 9.86. The number of halogens is 1. The minimum atomic E-state index is -0.451. The van der Waals surface area contributed by atoms with E-state index in [0.29, 0.717) is 26.1 Å². The Bertz CT molecular complexity index is 1270. The van der Waals surface area contributed by atoms with Crippen LogP contribution in [-0.2, 0) is 16.9 Å². The van der Waals surface area contributed by atoms with Gasteiger partial charge in [-0.1, -0.05) is 72.3 Å². The van der Waals surface area contributed by atoms with Gasteiger partial charge < -0.3 is 14.4 Å². The maximum atomic E-state index is 13.7. The second-order valence-electron chi connectivity index (χ2n) is 9.14. The summed E-state index contributed by atoms with van der Waals surface area (Å²) in [6, 6.07) is 28.4. The predicted molar refractivity (Wildman–Crippen MR) is 141 cm³/mol. The molecule has 6 heteroatoms. The van der Waals surface area contributed by atoms with Crippen molar-refractivity contribution in [1.29, 1.82) is 0 Å². The number of aryl methyl sites for hydroxylation is 1. The molecule has 35 heavy (non-hydrogen) atoms. The van der Waals surface area contributed by atoms with Crippen LogP contribution in [0.1, 0.15) is 18.9 Å². The molecule has 5 nitrogen and oxygen atoms in total. The van der Waals surface area contributed by atoms with Gasteiger partial charge in [-0.15, -0.1) is 0 Å². The molecule has 1 aromatic heterocycles. The molecule has 0 saturated carbocycles. The summed E-state index contributed by atoms with van der Waals surface area (Å²) in [4.78, 5) is 22.6.